The van der Waals surface area contributed by atoms with E-state index in [1.807, 2.05) is 0 Å². The fourth-order valence-corrected chi connectivity index (χ4v) is 2.00. The molecule has 0 spiro atoms. The van der Waals surface area contributed by atoms with Gasteiger partial charge in [0.15, 0.2) is 0 Å². The van der Waals surface area contributed by atoms with Gasteiger partial charge in [-0.25, -0.2) is 9.97 Å². The first-order valence-corrected chi connectivity index (χ1v) is 5.41. The molecule has 1 saturated heterocycles. The highest BCUT2D eigenvalue weighted by Gasteiger charge is 2.23. The SMILES string of the molecule is C[C@H]1CN(c2cc(Cl)ncn2)C[C@H](C)O1. The minimum absolute atomic E-state index is 0.225. The Morgan fingerprint density at radius 2 is 2.00 bits per heavy atom. The highest BCUT2D eigenvalue weighted by Crippen LogP contribution is 2.19. The smallest absolute Gasteiger partial charge is 0.134 e. The summed E-state index contributed by atoms with van der Waals surface area (Å²) in [5.41, 5.74) is 0. The van der Waals surface area contributed by atoms with Crippen LogP contribution in [0.5, 0.6) is 0 Å². The van der Waals surface area contributed by atoms with Crippen LogP contribution in [0.3, 0.4) is 0 Å². The number of ether oxygens (including phenoxy) is 1. The van der Waals surface area contributed by atoms with Crippen LogP contribution in [-0.2, 0) is 4.74 Å². The van der Waals surface area contributed by atoms with Crippen LogP contribution in [0.15, 0.2) is 12.4 Å². The molecule has 0 radical (unpaired) electrons. The molecule has 1 fully saturated rings. The van der Waals surface area contributed by atoms with Gasteiger partial charge in [0.2, 0.25) is 0 Å². The van der Waals surface area contributed by atoms with E-state index in [0.717, 1.165) is 18.9 Å². The van der Waals surface area contributed by atoms with Crippen LogP contribution >= 0.6 is 11.6 Å². The lowest BCUT2D eigenvalue weighted by atomic mass is 10.2. The average Bonchev–Trinajstić information content (AvgIpc) is 2.16. The molecule has 2 rings (SSSR count). The van der Waals surface area contributed by atoms with E-state index in [1.165, 1.54) is 6.33 Å². The topological polar surface area (TPSA) is 38.2 Å². The standard InChI is InChI=1S/C10H14ClN3O/c1-7-4-14(5-8(2)15-7)10-3-9(11)12-6-13-10/h3,6-8H,4-5H2,1-2H3/t7-,8-/m0/s1. The molecule has 0 amide bonds. The molecule has 0 bridgehead atoms. The highest BCUT2D eigenvalue weighted by molar-refractivity contribution is 6.29. The Balaban J connectivity index is 2.16. The van der Waals surface area contributed by atoms with Crippen molar-refractivity contribution in [1.29, 1.82) is 0 Å². The zero-order valence-electron chi connectivity index (χ0n) is 8.85. The van der Waals surface area contributed by atoms with Crippen LogP contribution in [0.1, 0.15) is 13.8 Å². The summed E-state index contributed by atoms with van der Waals surface area (Å²) < 4.78 is 5.65. The van der Waals surface area contributed by atoms with Crippen molar-refractivity contribution in [3.8, 4) is 0 Å². The second-order valence-electron chi connectivity index (χ2n) is 3.86. The van der Waals surface area contributed by atoms with Gasteiger partial charge in [-0.1, -0.05) is 11.6 Å². The van der Waals surface area contributed by atoms with Gasteiger partial charge < -0.3 is 9.64 Å². The summed E-state index contributed by atoms with van der Waals surface area (Å²) in [4.78, 5) is 10.2. The average molecular weight is 228 g/mol. The molecule has 0 aromatic carbocycles. The lowest BCUT2D eigenvalue weighted by molar-refractivity contribution is -0.00546. The molecule has 1 aromatic heterocycles. The van der Waals surface area contributed by atoms with Crippen LogP contribution in [-0.4, -0.2) is 35.3 Å². The first-order valence-electron chi connectivity index (χ1n) is 5.03. The first kappa shape index (κ1) is 10.6. The van der Waals surface area contributed by atoms with E-state index in [4.69, 9.17) is 16.3 Å². The van der Waals surface area contributed by atoms with Gasteiger partial charge in [-0.3, -0.25) is 0 Å². The van der Waals surface area contributed by atoms with Crippen LogP contribution in [0, 0.1) is 0 Å². The molecular formula is C10H14ClN3O. The van der Waals surface area contributed by atoms with E-state index in [2.05, 4.69) is 28.7 Å². The van der Waals surface area contributed by atoms with Crippen molar-refractivity contribution in [3.05, 3.63) is 17.5 Å². The molecule has 0 N–H and O–H groups in total. The fourth-order valence-electron chi connectivity index (χ4n) is 1.86. The molecule has 15 heavy (non-hydrogen) atoms. The number of morpholine rings is 1. The summed E-state index contributed by atoms with van der Waals surface area (Å²) in [5, 5.41) is 0.479. The van der Waals surface area contributed by atoms with Gasteiger partial charge in [-0.2, -0.15) is 0 Å². The summed E-state index contributed by atoms with van der Waals surface area (Å²) in [5.74, 6) is 0.872. The number of halogens is 1. The Kier molecular flexibility index (Phi) is 3.07. The molecule has 2 heterocycles. The summed E-state index contributed by atoms with van der Waals surface area (Å²) in [6, 6.07) is 1.78. The number of hydrogen-bond donors (Lipinski definition) is 0. The van der Waals surface area contributed by atoms with E-state index in [0.29, 0.717) is 5.15 Å². The van der Waals surface area contributed by atoms with Crippen LogP contribution in [0.2, 0.25) is 5.15 Å². The zero-order chi connectivity index (χ0) is 10.8. The molecule has 1 aromatic rings. The number of nitrogens with zero attached hydrogens (tertiary/aromatic N) is 3. The number of rotatable bonds is 1. The van der Waals surface area contributed by atoms with Crippen molar-refractivity contribution in [1.82, 2.24) is 9.97 Å². The summed E-state index contributed by atoms with van der Waals surface area (Å²) in [6.07, 6.45) is 1.94. The highest BCUT2D eigenvalue weighted by atomic mass is 35.5. The minimum atomic E-state index is 0.225. The maximum absolute atomic E-state index is 5.83. The van der Waals surface area contributed by atoms with E-state index in [1.54, 1.807) is 6.07 Å². The second-order valence-corrected chi connectivity index (χ2v) is 4.25. The Morgan fingerprint density at radius 3 is 2.60 bits per heavy atom. The predicted octanol–water partition coefficient (Wildman–Crippen LogP) is 1.74. The van der Waals surface area contributed by atoms with E-state index >= 15 is 0 Å². The van der Waals surface area contributed by atoms with Gasteiger partial charge in [0.05, 0.1) is 12.2 Å². The van der Waals surface area contributed by atoms with Gasteiger partial charge in [-0.15, -0.1) is 0 Å². The van der Waals surface area contributed by atoms with Gasteiger partial charge >= 0.3 is 0 Å². The van der Waals surface area contributed by atoms with E-state index in [9.17, 15) is 0 Å². The summed E-state index contributed by atoms with van der Waals surface area (Å²) in [7, 11) is 0. The lowest BCUT2D eigenvalue weighted by Crippen LogP contribution is -2.45. The molecule has 2 atom stereocenters. The van der Waals surface area contributed by atoms with Crippen molar-refractivity contribution in [2.75, 3.05) is 18.0 Å². The molecule has 0 saturated carbocycles. The molecule has 0 unspecified atom stereocenters. The van der Waals surface area contributed by atoms with Gasteiger partial charge in [0, 0.05) is 19.2 Å². The Bertz CT molecular complexity index is 337. The third kappa shape index (κ3) is 2.58. The second kappa shape index (κ2) is 4.33. The molecule has 0 aliphatic carbocycles. The van der Waals surface area contributed by atoms with Gasteiger partial charge in [0.1, 0.15) is 17.3 Å². The van der Waals surface area contributed by atoms with Gasteiger partial charge in [0.25, 0.3) is 0 Å². The van der Waals surface area contributed by atoms with Crippen LogP contribution in [0.25, 0.3) is 0 Å². The predicted molar refractivity (Wildman–Crippen MR) is 59.3 cm³/mol. The quantitative estimate of drug-likeness (QED) is 0.685. The Hall–Kier alpha value is -0.870. The maximum Gasteiger partial charge on any atom is 0.134 e. The summed E-state index contributed by atoms with van der Waals surface area (Å²) >= 11 is 5.83. The van der Waals surface area contributed by atoms with Gasteiger partial charge in [-0.05, 0) is 13.8 Å². The Morgan fingerprint density at radius 1 is 1.33 bits per heavy atom. The third-order valence-electron chi connectivity index (χ3n) is 2.36. The van der Waals surface area contributed by atoms with Crippen LogP contribution in [0.4, 0.5) is 5.82 Å². The fraction of sp³-hybridized carbons (Fsp3) is 0.600. The number of hydrogen-bond acceptors (Lipinski definition) is 4. The molecule has 1 aliphatic rings. The van der Waals surface area contributed by atoms with Crippen molar-refractivity contribution < 1.29 is 4.74 Å². The van der Waals surface area contributed by atoms with E-state index in [-0.39, 0.29) is 12.2 Å². The monoisotopic (exact) mass is 227 g/mol. The van der Waals surface area contributed by atoms with Crippen molar-refractivity contribution in [2.24, 2.45) is 0 Å². The number of aromatic nitrogens is 2. The van der Waals surface area contributed by atoms with E-state index < -0.39 is 0 Å². The Labute approximate surface area is 94.2 Å². The lowest BCUT2D eigenvalue weighted by Gasteiger charge is -2.35. The zero-order valence-corrected chi connectivity index (χ0v) is 9.61. The number of anilines is 1. The molecule has 1 aliphatic heterocycles. The molecule has 82 valence electrons. The minimum Gasteiger partial charge on any atom is -0.372 e. The molecule has 4 nitrogen and oxygen atoms in total. The van der Waals surface area contributed by atoms with Crippen molar-refractivity contribution in [2.45, 2.75) is 26.1 Å². The first-order chi connectivity index (χ1) is 7.15. The summed E-state index contributed by atoms with van der Waals surface area (Å²) in [6.45, 7) is 5.81. The third-order valence-corrected chi connectivity index (χ3v) is 2.57. The van der Waals surface area contributed by atoms with Crippen molar-refractivity contribution >= 4 is 17.4 Å². The largest absolute Gasteiger partial charge is 0.372 e. The molecule has 5 heteroatoms. The van der Waals surface area contributed by atoms with Crippen LogP contribution < -0.4 is 4.90 Å². The molecular weight excluding hydrogens is 214 g/mol. The van der Waals surface area contributed by atoms with Crippen molar-refractivity contribution in [3.63, 3.8) is 0 Å². The normalized spacial score (nSPS) is 26.7. The maximum atomic E-state index is 5.83.